The molecular weight excluding hydrogens is 178 g/mol. The molecule has 0 radical (unpaired) electrons. The lowest BCUT2D eigenvalue weighted by atomic mass is 9.95. The largest absolute Gasteiger partial charge is 0.307 e. The van der Waals surface area contributed by atoms with E-state index in [9.17, 15) is 0 Å². The van der Waals surface area contributed by atoms with Crippen molar-refractivity contribution in [2.45, 2.75) is 38.3 Å². The first-order valence-corrected chi connectivity index (χ1v) is 5.37. The second-order valence-electron chi connectivity index (χ2n) is 4.49. The highest BCUT2D eigenvalue weighted by atomic mass is 15.5. The van der Waals surface area contributed by atoms with Gasteiger partial charge in [0.1, 0.15) is 0 Å². The molecule has 14 heavy (non-hydrogen) atoms. The molecule has 3 atom stereocenters. The Hall–Kier alpha value is -0.970. The molecule has 76 valence electrons. The maximum atomic E-state index is 3.93. The molecule has 2 aliphatic carbocycles. The third kappa shape index (κ3) is 1.41. The fraction of sp³-hybridized carbons (Fsp3) is 0.889. The van der Waals surface area contributed by atoms with Gasteiger partial charge in [0.05, 0.1) is 6.54 Å². The van der Waals surface area contributed by atoms with Gasteiger partial charge < -0.3 is 5.32 Å². The molecule has 0 amide bonds. The molecule has 3 unspecified atom stereocenters. The van der Waals surface area contributed by atoms with E-state index in [0.717, 1.165) is 24.2 Å². The minimum atomic E-state index is 0.701. The number of aromatic amines is 1. The molecule has 0 aliphatic heterocycles. The number of tetrazole rings is 1. The summed E-state index contributed by atoms with van der Waals surface area (Å²) in [6.45, 7) is 0.754. The number of H-pyrrole nitrogens is 1. The number of hydrogen-bond acceptors (Lipinski definition) is 4. The molecule has 2 bridgehead atoms. The number of nitrogens with zero attached hydrogens (tertiary/aromatic N) is 3. The number of rotatable bonds is 3. The van der Waals surface area contributed by atoms with Gasteiger partial charge in [-0.15, -0.1) is 10.2 Å². The summed E-state index contributed by atoms with van der Waals surface area (Å²) in [5.74, 6) is 2.67. The number of hydrogen-bond donors (Lipinski definition) is 2. The summed E-state index contributed by atoms with van der Waals surface area (Å²) < 4.78 is 0. The van der Waals surface area contributed by atoms with Crippen LogP contribution in [0.25, 0.3) is 0 Å². The zero-order valence-corrected chi connectivity index (χ0v) is 8.11. The lowest BCUT2D eigenvalue weighted by Crippen LogP contribution is -2.33. The Labute approximate surface area is 82.7 Å². The number of nitrogens with one attached hydrogen (secondary N) is 2. The molecule has 0 aromatic carbocycles. The monoisotopic (exact) mass is 193 g/mol. The Bertz CT molecular complexity index is 296. The quantitative estimate of drug-likeness (QED) is 0.732. The molecule has 3 rings (SSSR count). The number of fused-ring (bicyclic) bond motifs is 2. The molecule has 1 aromatic heterocycles. The molecule has 1 heterocycles. The van der Waals surface area contributed by atoms with Crippen molar-refractivity contribution < 1.29 is 0 Å². The van der Waals surface area contributed by atoms with Gasteiger partial charge in [0, 0.05) is 6.04 Å². The van der Waals surface area contributed by atoms with E-state index in [1.54, 1.807) is 0 Å². The van der Waals surface area contributed by atoms with Crippen LogP contribution < -0.4 is 5.32 Å². The maximum Gasteiger partial charge on any atom is 0.188 e. The average molecular weight is 193 g/mol. The summed E-state index contributed by atoms with van der Waals surface area (Å²) in [5, 5.41) is 17.4. The predicted octanol–water partition coefficient (Wildman–Crippen LogP) is 0.478. The van der Waals surface area contributed by atoms with E-state index >= 15 is 0 Å². The van der Waals surface area contributed by atoms with Crippen LogP contribution in [0.4, 0.5) is 0 Å². The highest BCUT2D eigenvalue weighted by Gasteiger charge is 2.39. The summed E-state index contributed by atoms with van der Waals surface area (Å²) in [6, 6.07) is 0.701. The first-order chi connectivity index (χ1) is 6.92. The van der Waals surface area contributed by atoms with E-state index in [1.165, 1.54) is 25.7 Å². The van der Waals surface area contributed by atoms with Gasteiger partial charge in [-0.2, -0.15) is 5.21 Å². The second-order valence-corrected chi connectivity index (χ2v) is 4.49. The van der Waals surface area contributed by atoms with Crippen LogP contribution in [-0.4, -0.2) is 26.7 Å². The van der Waals surface area contributed by atoms with Crippen LogP contribution in [0.5, 0.6) is 0 Å². The average Bonchev–Trinajstić information content (AvgIpc) is 2.91. The summed E-state index contributed by atoms with van der Waals surface area (Å²) in [6.07, 6.45) is 5.64. The Kier molecular flexibility index (Phi) is 1.97. The lowest BCUT2D eigenvalue weighted by Gasteiger charge is -2.22. The normalized spacial score (nSPS) is 35.3. The Morgan fingerprint density at radius 1 is 1.36 bits per heavy atom. The van der Waals surface area contributed by atoms with Crippen molar-refractivity contribution in [1.29, 1.82) is 0 Å². The minimum Gasteiger partial charge on any atom is -0.307 e. The molecule has 5 nitrogen and oxygen atoms in total. The topological polar surface area (TPSA) is 66.5 Å². The summed E-state index contributed by atoms with van der Waals surface area (Å²) >= 11 is 0. The summed E-state index contributed by atoms with van der Waals surface area (Å²) in [7, 11) is 0. The molecule has 0 spiro atoms. The molecule has 2 fully saturated rings. The second kappa shape index (κ2) is 3.31. The van der Waals surface area contributed by atoms with Crippen LogP contribution in [0, 0.1) is 11.8 Å². The van der Waals surface area contributed by atoms with Crippen molar-refractivity contribution in [1.82, 2.24) is 25.9 Å². The summed E-state index contributed by atoms with van der Waals surface area (Å²) in [4.78, 5) is 0. The van der Waals surface area contributed by atoms with Crippen molar-refractivity contribution in [3.8, 4) is 0 Å². The Morgan fingerprint density at radius 2 is 2.36 bits per heavy atom. The summed E-state index contributed by atoms with van der Waals surface area (Å²) in [5.41, 5.74) is 0. The molecular formula is C9H15N5. The van der Waals surface area contributed by atoms with Gasteiger partial charge in [-0.1, -0.05) is 11.6 Å². The first-order valence-electron chi connectivity index (χ1n) is 5.37. The molecule has 0 saturated heterocycles. The van der Waals surface area contributed by atoms with Crippen LogP contribution in [0.1, 0.15) is 31.5 Å². The zero-order valence-electron chi connectivity index (χ0n) is 8.11. The Balaban J connectivity index is 1.54. The van der Waals surface area contributed by atoms with Crippen LogP contribution in [0.2, 0.25) is 0 Å². The maximum absolute atomic E-state index is 3.93. The smallest absolute Gasteiger partial charge is 0.188 e. The lowest BCUT2D eigenvalue weighted by molar-refractivity contribution is 0.348. The molecule has 5 heteroatoms. The zero-order chi connectivity index (χ0) is 9.38. The standard InChI is InChI=1S/C9H15N5/c1-2-7-3-6(1)4-8(7)10-5-9-11-13-14-12-9/h6-8,10H,1-5H2,(H,11,12,13,14). The van der Waals surface area contributed by atoms with E-state index in [4.69, 9.17) is 0 Å². The van der Waals surface area contributed by atoms with Crippen LogP contribution in [0.3, 0.4) is 0 Å². The molecule has 2 N–H and O–H groups in total. The van der Waals surface area contributed by atoms with Gasteiger partial charge in [-0.25, -0.2) is 0 Å². The van der Waals surface area contributed by atoms with E-state index in [1.807, 2.05) is 0 Å². The van der Waals surface area contributed by atoms with Crippen LogP contribution in [-0.2, 0) is 6.54 Å². The SMILES string of the molecule is C(NC1CC2CCC1C2)c1nn[nH]n1. The van der Waals surface area contributed by atoms with Gasteiger partial charge in [0.15, 0.2) is 5.82 Å². The molecule has 2 saturated carbocycles. The van der Waals surface area contributed by atoms with E-state index in [-0.39, 0.29) is 0 Å². The highest BCUT2D eigenvalue weighted by Crippen LogP contribution is 2.44. The van der Waals surface area contributed by atoms with E-state index < -0.39 is 0 Å². The third-order valence-corrected chi connectivity index (χ3v) is 3.65. The van der Waals surface area contributed by atoms with Gasteiger partial charge in [0.2, 0.25) is 0 Å². The van der Waals surface area contributed by atoms with Crippen LogP contribution in [0.15, 0.2) is 0 Å². The molecule has 1 aromatic rings. The van der Waals surface area contributed by atoms with Crippen molar-refractivity contribution in [2.75, 3.05) is 0 Å². The van der Waals surface area contributed by atoms with Crippen LogP contribution >= 0.6 is 0 Å². The molecule has 2 aliphatic rings. The van der Waals surface area contributed by atoms with Gasteiger partial charge in [-0.3, -0.25) is 0 Å². The Morgan fingerprint density at radius 3 is 3.00 bits per heavy atom. The van der Waals surface area contributed by atoms with Crippen molar-refractivity contribution >= 4 is 0 Å². The van der Waals surface area contributed by atoms with Crippen molar-refractivity contribution in [3.05, 3.63) is 5.82 Å². The fourth-order valence-corrected chi connectivity index (χ4v) is 2.97. The number of aromatic nitrogens is 4. The van der Waals surface area contributed by atoms with Gasteiger partial charge in [-0.05, 0) is 31.1 Å². The fourth-order valence-electron chi connectivity index (χ4n) is 2.97. The van der Waals surface area contributed by atoms with E-state index in [0.29, 0.717) is 6.04 Å². The highest BCUT2D eigenvalue weighted by molar-refractivity contribution is 4.94. The van der Waals surface area contributed by atoms with E-state index in [2.05, 4.69) is 25.9 Å². The van der Waals surface area contributed by atoms with Gasteiger partial charge >= 0.3 is 0 Å². The predicted molar refractivity (Wildman–Crippen MR) is 50.3 cm³/mol. The minimum absolute atomic E-state index is 0.701. The van der Waals surface area contributed by atoms with Crippen molar-refractivity contribution in [3.63, 3.8) is 0 Å². The van der Waals surface area contributed by atoms with Crippen molar-refractivity contribution in [2.24, 2.45) is 11.8 Å². The third-order valence-electron chi connectivity index (χ3n) is 3.65. The van der Waals surface area contributed by atoms with Gasteiger partial charge in [0.25, 0.3) is 0 Å². The first kappa shape index (κ1) is 8.35.